The van der Waals surface area contributed by atoms with E-state index in [1.54, 1.807) is 11.3 Å². The Balaban J connectivity index is 1.87. The third-order valence-corrected chi connectivity index (χ3v) is 6.28. The van der Waals surface area contributed by atoms with Crippen LogP contribution in [0.1, 0.15) is 45.5 Å². The van der Waals surface area contributed by atoms with E-state index in [1.165, 1.54) is 9.71 Å². The molecule has 0 amide bonds. The summed E-state index contributed by atoms with van der Waals surface area (Å²) in [6.07, 6.45) is 0. The molecule has 1 aliphatic heterocycles. The fourth-order valence-corrected chi connectivity index (χ4v) is 3.91. The van der Waals surface area contributed by atoms with Gasteiger partial charge in [0, 0.05) is 12.5 Å². The van der Waals surface area contributed by atoms with Gasteiger partial charge < -0.3 is 14.2 Å². The van der Waals surface area contributed by atoms with Gasteiger partial charge in [-0.05, 0) is 59.4 Å². The highest BCUT2D eigenvalue weighted by molar-refractivity contribution is 7.18. The van der Waals surface area contributed by atoms with Crippen LogP contribution in [0.5, 0.6) is 0 Å². The van der Waals surface area contributed by atoms with E-state index in [0.717, 1.165) is 17.5 Å². The lowest BCUT2D eigenvalue weighted by Crippen LogP contribution is -2.41. The second-order valence-electron chi connectivity index (χ2n) is 8.03. The SMILES string of the molecule is CC(CN(C)C)c1nc2cc(B3OC(C)(C)C(C)(C)O3)ccc2s1. The standard InChI is InChI=1S/C18H27BN2O2S/c1-12(11-21(6)7)16-20-14-10-13(8-9-15(14)24-16)19-22-17(2,3)18(4,5)23-19/h8-10,12H,11H2,1-7H3. The summed E-state index contributed by atoms with van der Waals surface area (Å²) in [5.74, 6) is 0.428. The van der Waals surface area contributed by atoms with Gasteiger partial charge >= 0.3 is 7.12 Å². The van der Waals surface area contributed by atoms with Gasteiger partial charge in [-0.2, -0.15) is 0 Å². The molecule has 1 atom stereocenters. The topological polar surface area (TPSA) is 34.6 Å². The molecule has 0 bridgehead atoms. The summed E-state index contributed by atoms with van der Waals surface area (Å²) in [6.45, 7) is 11.5. The van der Waals surface area contributed by atoms with E-state index in [0.29, 0.717) is 5.92 Å². The number of benzene rings is 1. The molecule has 24 heavy (non-hydrogen) atoms. The van der Waals surface area contributed by atoms with Crippen molar-refractivity contribution >= 4 is 34.1 Å². The maximum atomic E-state index is 6.15. The number of nitrogens with zero attached hydrogens (tertiary/aromatic N) is 2. The Labute approximate surface area is 149 Å². The van der Waals surface area contributed by atoms with Crippen molar-refractivity contribution < 1.29 is 9.31 Å². The maximum Gasteiger partial charge on any atom is 0.494 e. The maximum absolute atomic E-state index is 6.15. The molecule has 0 aliphatic carbocycles. The van der Waals surface area contributed by atoms with E-state index in [-0.39, 0.29) is 18.3 Å². The molecular formula is C18H27BN2O2S. The van der Waals surface area contributed by atoms with E-state index < -0.39 is 0 Å². The Kier molecular flexibility index (Phi) is 4.54. The van der Waals surface area contributed by atoms with Crippen LogP contribution >= 0.6 is 11.3 Å². The fourth-order valence-electron chi connectivity index (χ4n) is 2.92. The van der Waals surface area contributed by atoms with Gasteiger partial charge in [-0.3, -0.25) is 0 Å². The van der Waals surface area contributed by atoms with Crippen molar-refractivity contribution in [2.24, 2.45) is 0 Å². The van der Waals surface area contributed by atoms with Gasteiger partial charge in [0.2, 0.25) is 0 Å². The number of aromatic nitrogens is 1. The summed E-state index contributed by atoms with van der Waals surface area (Å²) in [7, 11) is 3.86. The lowest BCUT2D eigenvalue weighted by molar-refractivity contribution is 0.00578. The second-order valence-corrected chi connectivity index (χ2v) is 9.09. The number of rotatable bonds is 4. The highest BCUT2D eigenvalue weighted by atomic mass is 32.1. The molecule has 4 nitrogen and oxygen atoms in total. The number of likely N-dealkylation sites (N-methyl/N-ethyl adjacent to an activating group) is 1. The highest BCUT2D eigenvalue weighted by Gasteiger charge is 2.51. The first-order valence-electron chi connectivity index (χ1n) is 8.50. The lowest BCUT2D eigenvalue weighted by atomic mass is 9.79. The first-order chi connectivity index (χ1) is 11.1. The Hall–Kier alpha value is -0.945. The van der Waals surface area contributed by atoms with Crippen LogP contribution < -0.4 is 5.46 Å². The van der Waals surface area contributed by atoms with Gasteiger partial charge in [0.15, 0.2) is 0 Å². The van der Waals surface area contributed by atoms with Gasteiger partial charge in [-0.15, -0.1) is 11.3 Å². The van der Waals surface area contributed by atoms with Crippen molar-refractivity contribution in [2.75, 3.05) is 20.6 Å². The third kappa shape index (κ3) is 3.25. The first-order valence-corrected chi connectivity index (χ1v) is 9.31. The van der Waals surface area contributed by atoms with E-state index in [2.05, 4.69) is 71.8 Å². The van der Waals surface area contributed by atoms with Crippen LogP contribution in [0.4, 0.5) is 0 Å². The van der Waals surface area contributed by atoms with Gasteiger partial charge in [0.1, 0.15) is 0 Å². The van der Waals surface area contributed by atoms with Crippen molar-refractivity contribution in [1.29, 1.82) is 0 Å². The summed E-state index contributed by atoms with van der Waals surface area (Å²) in [5, 5.41) is 1.18. The molecule has 1 unspecified atom stereocenters. The molecular weight excluding hydrogens is 319 g/mol. The van der Waals surface area contributed by atoms with Crippen LogP contribution in [-0.4, -0.2) is 48.8 Å². The minimum absolute atomic E-state index is 0.319. The zero-order valence-corrected chi connectivity index (χ0v) is 16.5. The summed E-state index contributed by atoms with van der Waals surface area (Å²) >= 11 is 1.78. The summed E-state index contributed by atoms with van der Waals surface area (Å²) in [6, 6.07) is 6.35. The second kappa shape index (κ2) is 6.09. The number of thiazole rings is 1. The summed E-state index contributed by atoms with van der Waals surface area (Å²) in [5.41, 5.74) is 1.44. The number of fused-ring (bicyclic) bond motifs is 1. The molecule has 1 saturated heterocycles. The minimum Gasteiger partial charge on any atom is -0.399 e. The lowest BCUT2D eigenvalue weighted by Gasteiger charge is -2.32. The van der Waals surface area contributed by atoms with Crippen molar-refractivity contribution in [2.45, 2.75) is 51.7 Å². The van der Waals surface area contributed by atoms with E-state index in [4.69, 9.17) is 14.3 Å². The quantitative estimate of drug-likeness (QED) is 0.796. The molecule has 1 aromatic carbocycles. The van der Waals surface area contributed by atoms with Crippen LogP contribution in [0, 0.1) is 0 Å². The third-order valence-electron chi connectivity index (χ3n) is 5.01. The van der Waals surface area contributed by atoms with Gasteiger partial charge in [0.25, 0.3) is 0 Å². The van der Waals surface area contributed by atoms with Crippen LogP contribution in [0.15, 0.2) is 18.2 Å². The molecule has 1 fully saturated rings. The molecule has 1 aromatic heterocycles. The number of hydrogen-bond donors (Lipinski definition) is 0. The smallest absolute Gasteiger partial charge is 0.399 e. The predicted molar refractivity (Wildman–Crippen MR) is 102 cm³/mol. The Morgan fingerprint density at radius 3 is 2.38 bits per heavy atom. The average molecular weight is 346 g/mol. The first kappa shape index (κ1) is 17.9. The molecule has 6 heteroatoms. The normalized spacial score (nSPS) is 20.9. The molecule has 2 heterocycles. The Bertz CT molecular complexity index is 726. The zero-order valence-electron chi connectivity index (χ0n) is 15.7. The van der Waals surface area contributed by atoms with Gasteiger partial charge in [-0.1, -0.05) is 13.0 Å². The molecule has 2 aromatic rings. The molecule has 0 radical (unpaired) electrons. The Morgan fingerprint density at radius 1 is 1.17 bits per heavy atom. The fraction of sp³-hybridized carbons (Fsp3) is 0.611. The van der Waals surface area contributed by atoms with Crippen molar-refractivity contribution in [3.05, 3.63) is 23.2 Å². The highest BCUT2D eigenvalue weighted by Crippen LogP contribution is 2.37. The van der Waals surface area contributed by atoms with Gasteiger partial charge in [-0.25, -0.2) is 4.98 Å². The summed E-state index contributed by atoms with van der Waals surface area (Å²) < 4.78 is 13.5. The monoisotopic (exact) mass is 346 g/mol. The molecule has 3 rings (SSSR count). The van der Waals surface area contributed by atoms with E-state index in [1.807, 2.05) is 0 Å². The van der Waals surface area contributed by atoms with Crippen LogP contribution in [-0.2, 0) is 9.31 Å². The van der Waals surface area contributed by atoms with Gasteiger partial charge in [0.05, 0.1) is 26.4 Å². The van der Waals surface area contributed by atoms with Crippen LogP contribution in [0.3, 0.4) is 0 Å². The zero-order chi connectivity index (χ0) is 17.7. The minimum atomic E-state index is -0.330. The van der Waals surface area contributed by atoms with E-state index >= 15 is 0 Å². The molecule has 0 spiro atoms. The molecule has 0 N–H and O–H groups in total. The average Bonchev–Trinajstić information content (AvgIpc) is 2.96. The number of hydrogen-bond acceptors (Lipinski definition) is 5. The van der Waals surface area contributed by atoms with Crippen LogP contribution in [0.25, 0.3) is 10.2 Å². The molecule has 130 valence electrons. The summed E-state index contributed by atoms with van der Waals surface area (Å²) in [4.78, 5) is 7.05. The molecule has 1 aliphatic rings. The Morgan fingerprint density at radius 2 is 1.79 bits per heavy atom. The molecule has 0 saturated carbocycles. The predicted octanol–water partition coefficient (Wildman–Crippen LogP) is 3.26. The largest absolute Gasteiger partial charge is 0.494 e. The van der Waals surface area contributed by atoms with Crippen LogP contribution in [0.2, 0.25) is 0 Å². The van der Waals surface area contributed by atoms with Crippen molar-refractivity contribution in [1.82, 2.24) is 9.88 Å². The van der Waals surface area contributed by atoms with E-state index in [9.17, 15) is 0 Å². The van der Waals surface area contributed by atoms with Crippen molar-refractivity contribution in [3.8, 4) is 0 Å². The van der Waals surface area contributed by atoms with Crippen molar-refractivity contribution in [3.63, 3.8) is 0 Å².